The Balaban J connectivity index is 1.42. The van der Waals surface area contributed by atoms with Gasteiger partial charge in [-0.2, -0.15) is 5.26 Å². The molecule has 0 bridgehead atoms. The fourth-order valence-corrected chi connectivity index (χ4v) is 3.82. The number of nitriles is 1. The Labute approximate surface area is 172 Å². The number of furan rings is 1. The number of ether oxygens (including phenoxy) is 1. The molecule has 2 aromatic rings. The van der Waals surface area contributed by atoms with Crippen LogP contribution < -0.4 is 10.1 Å². The molecular weight excluding hydrogens is 366 g/mol. The molecule has 0 unspecified atom stereocenters. The highest BCUT2D eigenvalue weighted by atomic mass is 16.5. The number of carbonyl (C=O) groups is 1. The van der Waals surface area contributed by atoms with E-state index in [-0.39, 0.29) is 11.8 Å². The molecule has 1 aromatic carbocycles. The predicted molar refractivity (Wildman–Crippen MR) is 112 cm³/mol. The van der Waals surface area contributed by atoms with Crippen LogP contribution in [0.4, 0.5) is 5.88 Å². The molecular formula is C23H29N3O3. The maximum Gasteiger partial charge on any atom is 0.240 e. The van der Waals surface area contributed by atoms with Crippen LogP contribution in [0.5, 0.6) is 5.75 Å². The van der Waals surface area contributed by atoms with E-state index in [1.54, 1.807) is 14.0 Å². The first-order valence-electron chi connectivity index (χ1n) is 10.2. The van der Waals surface area contributed by atoms with Gasteiger partial charge in [0.05, 0.1) is 13.7 Å². The third kappa shape index (κ3) is 5.39. The number of piperidine rings is 1. The number of aryl methyl sites for hydroxylation is 2. The molecule has 1 amide bonds. The lowest BCUT2D eigenvalue weighted by Gasteiger charge is -2.31. The van der Waals surface area contributed by atoms with Gasteiger partial charge < -0.3 is 9.15 Å². The lowest BCUT2D eigenvalue weighted by molar-refractivity contribution is -0.117. The van der Waals surface area contributed by atoms with Crippen molar-refractivity contribution < 1.29 is 13.9 Å². The zero-order valence-electron chi connectivity index (χ0n) is 17.5. The first-order valence-corrected chi connectivity index (χ1v) is 10.2. The number of likely N-dealkylation sites (tertiary alicyclic amines) is 1. The largest absolute Gasteiger partial charge is 0.497 e. The Morgan fingerprint density at radius 1 is 1.28 bits per heavy atom. The summed E-state index contributed by atoms with van der Waals surface area (Å²) in [5, 5.41) is 12.0. The van der Waals surface area contributed by atoms with E-state index < -0.39 is 0 Å². The molecule has 0 atom stereocenters. The van der Waals surface area contributed by atoms with E-state index >= 15 is 0 Å². The topological polar surface area (TPSA) is 78.5 Å². The van der Waals surface area contributed by atoms with Crippen molar-refractivity contribution in [3.05, 3.63) is 46.7 Å². The van der Waals surface area contributed by atoms with Gasteiger partial charge in [-0.3, -0.25) is 15.0 Å². The van der Waals surface area contributed by atoms with Crippen LogP contribution in [-0.2, 0) is 11.2 Å². The van der Waals surface area contributed by atoms with Crippen LogP contribution in [0, 0.1) is 31.1 Å². The standard InChI is InChI=1S/C23H29N3O3/c1-16-17(2)29-23(21(16)14-24)25-22(27)15-26-12-10-19(11-13-26)5-4-18-6-8-20(28-3)9-7-18/h6-9,19H,4-5,10-13,15H2,1-3H3,(H,25,27). The number of nitrogens with one attached hydrogen (secondary N) is 1. The summed E-state index contributed by atoms with van der Waals surface area (Å²) in [6.45, 7) is 5.78. The molecule has 6 heteroatoms. The maximum absolute atomic E-state index is 12.4. The molecule has 0 saturated carbocycles. The summed E-state index contributed by atoms with van der Waals surface area (Å²) in [6.07, 6.45) is 4.45. The van der Waals surface area contributed by atoms with Gasteiger partial charge in [-0.15, -0.1) is 0 Å². The molecule has 0 spiro atoms. The number of amides is 1. The molecule has 29 heavy (non-hydrogen) atoms. The third-order valence-corrected chi connectivity index (χ3v) is 5.82. The molecule has 1 N–H and O–H groups in total. The number of methoxy groups -OCH3 is 1. The van der Waals surface area contributed by atoms with Crippen LogP contribution in [-0.4, -0.2) is 37.6 Å². The average Bonchev–Trinajstić information content (AvgIpc) is 3.00. The minimum Gasteiger partial charge on any atom is -0.497 e. The minimum atomic E-state index is -0.132. The van der Waals surface area contributed by atoms with E-state index in [1.165, 1.54) is 12.0 Å². The second-order valence-corrected chi connectivity index (χ2v) is 7.75. The van der Waals surface area contributed by atoms with Crippen LogP contribution in [0.15, 0.2) is 28.7 Å². The van der Waals surface area contributed by atoms with E-state index in [0.717, 1.165) is 43.7 Å². The number of benzene rings is 1. The van der Waals surface area contributed by atoms with Gasteiger partial charge in [0, 0.05) is 5.56 Å². The maximum atomic E-state index is 12.4. The van der Waals surface area contributed by atoms with Gasteiger partial charge in [-0.1, -0.05) is 12.1 Å². The molecule has 0 aliphatic carbocycles. The summed E-state index contributed by atoms with van der Waals surface area (Å²) < 4.78 is 10.7. The molecule has 1 aliphatic rings. The fourth-order valence-electron chi connectivity index (χ4n) is 3.82. The summed E-state index contributed by atoms with van der Waals surface area (Å²) in [5.74, 6) is 2.38. The lowest BCUT2D eigenvalue weighted by Crippen LogP contribution is -2.39. The second-order valence-electron chi connectivity index (χ2n) is 7.75. The molecule has 1 aromatic heterocycles. The quantitative estimate of drug-likeness (QED) is 0.765. The molecule has 6 nitrogen and oxygen atoms in total. The highest BCUT2D eigenvalue weighted by Gasteiger charge is 2.22. The monoisotopic (exact) mass is 395 g/mol. The Morgan fingerprint density at radius 3 is 2.59 bits per heavy atom. The van der Waals surface area contributed by atoms with Crippen molar-refractivity contribution in [1.82, 2.24) is 4.90 Å². The van der Waals surface area contributed by atoms with Crippen molar-refractivity contribution in [2.45, 2.75) is 39.5 Å². The number of rotatable bonds is 7. The van der Waals surface area contributed by atoms with Gasteiger partial charge in [-0.25, -0.2) is 0 Å². The van der Waals surface area contributed by atoms with Gasteiger partial charge >= 0.3 is 0 Å². The molecule has 1 fully saturated rings. The summed E-state index contributed by atoms with van der Waals surface area (Å²) in [4.78, 5) is 14.6. The van der Waals surface area contributed by atoms with Crippen LogP contribution in [0.25, 0.3) is 0 Å². The van der Waals surface area contributed by atoms with E-state index in [1.807, 2.05) is 19.1 Å². The third-order valence-electron chi connectivity index (χ3n) is 5.82. The number of hydrogen-bond donors (Lipinski definition) is 1. The fraction of sp³-hybridized carbons (Fsp3) is 0.478. The first kappa shape index (κ1) is 20.9. The zero-order chi connectivity index (χ0) is 20.8. The summed E-state index contributed by atoms with van der Waals surface area (Å²) in [7, 11) is 1.68. The van der Waals surface area contributed by atoms with Crippen LogP contribution in [0.2, 0.25) is 0 Å². The van der Waals surface area contributed by atoms with Crippen molar-refractivity contribution in [2.75, 3.05) is 32.1 Å². The van der Waals surface area contributed by atoms with E-state index in [2.05, 4.69) is 28.4 Å². The molecule has 3 rings (SSSR count). The van der Waals surface area contributed by atoms with Gasteiger partial charge in [0.2, 0.25) is 11.8 Å². The van der Waals surface area contributed by atoms with Crippen molar-refractivity contribution >= 4 is 11.8 Å². The van der Waals surface area contributed by atoms with Gasteiger partial charge in [-0.05, 0) is 76.2 Å². The second kappa shape index (κ2) is 9.62. The summed E-state index contributed by atoms with van der Waals surface area (Å²) in [5.41, 5.74) is 2.53. The SMILES string of the molecule is COc1ccc(CCC2CCN(CC(=O)Nc3oc(C)c(C)c3C#N)CC2)cc1. The van der Waals surface area contributed by atoms with Crippen molar-refractivity contribution in [1.29, 1.82) is 5.26 Å². The van der Waals surface area contributed by atoms with Crippen LogP contribution in [0.1, 0.15) is 41.7 Å². The lowest BCUT2D eigenvalue weighted by atomic mass is 9.90. The Hall–Kier alpha value is -2.78. The zero-order valence-corrected chi connectivity index (χ0v) is 17.5. The minimum absolute atomic E-state index is 0.132. The highest BCUT2D eigenvalue weighted by Crippen LogP contribution is 2.26. The van der Waals surface area contributed by atoms with Crippen molar-refractivity contribution in [2.24, 2.45) is 5.92 Å². The number of nitrogens with zero attached hydrogens (tertiary/aromatic N) is 2. The van der Waals surface area contributed by atoms with E-state index in [9.17, 15) is 10.1 Å². The van der Waals surface area contributed by atoms with E-state index in [4.69, 9.17) is 9.15 Å². The molecule has 0 radical (unpaired) electrons. The van der Waals surface area contributed by atoms with Crippen molar-refractivity contribution in [3.63, 3.8) is 0 Å². The summed E-state index contributed by atoms with van der Waals surface area (Å²) in [6, 6.07) is 10.4. The smallest absolute Gasteiger partial charge is 0.240 e. The van der Waals surface area contributed by atoms with Gasteiger partial charge in [0.1, 0.15) is 23.1 Å². The Bertz CT molecular complexity index is 872. The molecule has 1 aliphatic heterocycles. The highest BCUT2D eigenvalue weighted by molar-refractivity contribution is 5.92. The van der Waals surface area contributed by atoms with E-state index in [0.29, 0.717) is 23.8 Å². The predicted octanol–water partition coefficient (Wildman–Crippen LogP) is 4.06. The van der Waals surface area contributed by atoms with Crippen LogP contribution in [0.3, 0.4) is 0 Å². The Kier molecular flexibility index (Phi) is 6.95. The normalized spacial score (nSPS) is 15.1. The van der Waals surface area contributed by atoms with Crippen LogP contribution >= 0.6 is 0 Å². The molecule has 1 saturated heterocycles. The average molecular weight is 396 g/mol. The van der Waals surface area contributed by atoms with Crippen molar-refractivity contribution in [3.8, 4) is 11.8 Å². The molecule has 154 valence electrons. The Morgan fingerprint density at radius 2 is 1.97 bits per heavy atom. The van der Waals surface area contributed by atoms with Gasteiger partial charge in [0.25, 0.3) is 0 Å². The number of hydrogen-bond acceptors (Lipinski definition) is 5. The van der Waals surface area contributed by atoms with Gasteiger partial charge in [0.15, 0.2) is 0 Å². The molecule has 2 heterocycles. The number of carbonyl (C=O) groups excluding carboxylic acids is 1. The summed E-state index contributed by atoms with van der Waals surface area (Å²) >= 11 is 0. The number of anilines is 1. The first-order chi connectivity index (χ1) is 14.0.